The van der Waals surface area contributed by atoms with Gasteiger partial charge in [0, 0.05) is 0 Å². The molecule has 0 spiro atoms. The molecule has 1 aromatic rings. The Balaban J connectivity index is 0.000000791. The highest BCUT2D eigenvalue weighted by atomic mass is 14.3. The zero-order chi connectivity index (χ0) is 11.1. The van der Waals surface area contributed by atoms with E-state index in [1.807, 2.05) is 52.0 Å². The first-order valence-electron chi connectivity index (χ1n) is 4.61. The van der Waals surface area contributed by atoms with Crippen LogP contribution in [0.2, 0.25) is 0 Å². The summed E-state index contributed by atoms with van der Waals surface area (Å²) < 4.78 is 0. The summed E-state index contributed by atoms with van der Waals surface area (Å²) in [6, 6.07) is 7.78. The molecule has 0 saturated carbocycles. The first-order chi connectivity index (χ1) is 6.70. The normalized spacial score (nSPS) is 7.86. The van der Waals surface area contributed by atoms with Gasteiger partial charge < -0.3 is 0 Å². The Morgan fingerprint density at radius 3 is 1.36 bits per heavy atom. The molecule has 0 radical (unpaired) electrons. The van der Waals surface area contributed by atoms with Gasteiger partial charge in [-0.25, -0.2) is 0 Å². The van der Waals surface area contributed by atoms with E-state index in [0.29, 0.717) is 11.1 Å². The highest BCUT2D eigenvalue weighted by Gasteiger charge is 2.06. The Bertz CT molecular complexity index is 353. The Kier molecular flexibility index (Phi) is 5.04. The SMILES string of the molecule is CC.Cc1ccc(C)c(C#N)c1C#N. The monoisotopic (exact) mass is 186 g/mol. The molecule has 2 heteroatoms. The zero-order valence-corrected chi connectivity index (χ0v) is 9.05. The predicted molar refractivity (Wildman–Crippen MR) is 56.7 cm³/mol. The first kappa shape index (κ1) is 12.2. The van der Waals surface area contributed by atoms with Crippen molar-refractivity contribution in [1.82, 2.24) is 0 Å². The summed E-state index contributed by atoms with van der Waals surface area (Å²) in [5.74, 6) is 0. The maximum Gasteiger partial charge on any atom is 0.101 e. The maximum atomic E-state index is 8.75. The van der Waals surface area contributed by atoms with E-state index < -0.39 is 0 Å². The van der Waals surface area contributed by atoms with E-state index >= 15 is 0 Å². The van der Waals surface area contributed by atoms with Crippen LogP contribution in [-0.2, 0) is 0 Å². The van der Waals surface area contributed by atoms with Gasteiger partial charge in [0.15, 0.2) is 0 Å². The second-order valence-corrected chi connectivity index (χ2v) is 2.67. The highest BCUT2D eigenvalue weighted by molar-refractivity contribution is 5.53. The number of nitrogens with zero attached hydrogens (tertiary/aromatic N) is 2. The fraction of sp³-hybridized carbons (Fsp3) is 0.333. The molecule has 0 aliphatic carbocycles. The van der Waals surface area contributed by atoms with E-state index in [1.54, 1.807) is 0 Å². The highest BCUT2D eigenvalue weighted by Crippen LogP contribution is 2.16. The number of hydrogen-bond donors (Lipinski definition) is 0. The molecule has 1 aromatic carbocycles. The molecule has 1 rings (SSSR count). The van der Waals surface area contributed by atoms with Gasteiger partial charge >= 0.3 is 0 Å². The topological polar surface area (TPSA) is 47.6 Å². The van der Waals surface area contributed by atoms with Crippen molar-refractivity contribution in [3.63, 3.8) is 0 Å². The number of nitriles is 2. The minimum absolute atomic E-state index is 0.498. The van der Waals surface area contributed by atoms with Gasteiger partial charge in [-0.05, 0) is 25.0 Å². The molecule has 72 valence electrons. The third-order valence-corrected chi connectivity index (χ3v) is 1.85. The van der Waals surface area contributed by atoms with E-state index in [0.717, 1.165) is 11.1 Å². The first-order valence-corrected chi connectivity index (χ1v) is 4.61. The van der Waals surface area contributed by atoms with Gasteiger partial charge in [-0.3, -0.25) is 0 Å². The molecule has 0 aliphatic heterocycles. The van der Waals surface area contributed by atoms with E-state index in [9.17, 15) is 0 Å². The van der Waals surface area contributed by atoms with Crippen LogP contribution in [-0.4, -0.2) is 0 Å². The van der Waals surface area contributed by atoms with Crippen LogP contribution in [0.3, 0.4) is 0 Å². The summed E-state index contributed by atoms with van der Waals surface area (Å²) in [6.07, 6.45) is 0. The second kappa shape index (κ2) is 5.78. The van der Waals surface area contributed by atoms with Crippen LogP contribution in [0.15, 0.2) is 12.1 Å². The molecule has 0 heterocycles. The number of hydrogen-bond acceptors (Lipinski definition) is 2. The second-order valence-electron chi connectivity index (χ2n) is 2.67. The molecule has 0 bridgehead atoms. The molecule has 0 saturated heterocycles. The number of benzene rings is 1. The largest absolute Gasteiger partial charge is 0.192 e. The van der Waals surface area contributed by atoms with Gasteiger partial charge in [0.2, 0.25) is 0 Å². The van der Waals surface area contributed by atoms with Crippen LogP contribution in [0.1, 0.15) is 36.1 Å². The molecule has 0 fully saturated rings. The lowest BCUT2D eigenvalue weighted by molar-refractivity contribution is 1.30. The summed E-state index contributed by atoms with van der Waals surface area (Å²) in [6.45, 7) is 7.66. The van der Waals surface area contributed by atoms with Crippen LogP contribution in [0.4, 0.5) is 0 Å². The summed E-state index contributed by atoms with van der Waals surface area (Å²) >= 11 is 0. The van der Waals surface area contributed by atoms with Crippen molar-refractivity contribution < 1.29 is 0 Å². The molecule has 0 aromatic heterocycles. The third-order valence-electron chi connectivity index (χ3n) is 1.85. The quantitative estimate of drug-likeness (QED) is 0.625. The van der Waals surface area contributed by atoms with E-state index in [-0.39, 0.29) is 0 Å². The van der Waals surface area contributed by atoms with Crippen molar-refractivity contribution in [3.8, 4) is 12.1 Å². The van der Waals surface area contributed by atoms with Crippen molar-refractivity contribution in [2.24, 2.45) is 0 Å². The standard InChI is InChI=1S/C10H8N2.C2H6/c1-7-3-4-8(2)10(6-12)9(7)5-11;1-2/h3-4H,1-2H3;1-2H3. The fourth-order valence-electron chi connectivity index (χ4n) is 1.10. The van der Waals surface area contributed by atoms with Gasteiger partial charge in [0.05, 0.1) is 11.1 Å². The summed E-state index contributed by atoms with van der Waals surface area (Å²) in [5, 5.41) is 17.5. The molecule has 0 N–H and O–H groups in total. The van der Waals surface area contributed by atoms with Gasteiger partial charge in [-0.2, -0.15) is 10.5 Å². The van der Waals surface area contributed by atoms with Crippen LogP contribution in [0.25, 0.3) is 0 Å². The third kappa shape index (κ3) is 2.34. The minimum Gasteiger partial charge on any atom is -0.192 e. The summed E-state index contributed by atoms with van der Waals surface area (Å²) in [5.41, 5.74) is 2.72. The zero-order valence-electron chi connectivity index (χ0n) is 9.05. The lowest BCUT2D eigenvalue weighted by Gasteiger charge is -2.01. The molecule has 0 aliphatic rings. The number of aryl methyl sites for hydroxylation is 2. The Morgan fingerprint density at radius 1 is 0.857 bits per heavy atom. The molecule has 0 unspecified atom stereocenters. The van der Waals surface area contributed by atoms with Crippen LogP contribution < -0.4 is 0 Å². The fourth-order valence-corrected chi connectivity index (χ4v) is 1.10. The predicted octanol–water partition coefficient (Wildman–Crippen LogP) is 3.07. The van der Waals surface area contributed by atoms with Crippen LogP contribution in [0.5, 0.6) is 0 Å². The molecule has 0 atom stereocenters. The van der Waals surface area contributed by atoms with Gasteiger partial charge in [-0.15, -0.1) is 0 Å². The lowest BCUT2D eigenvalue weighted by atomic mass is 9.99. The van der Waals surface area contributed by atoms with Crippen molar-refractivity contribution in [3.05, 3.63) is 34.4 Å². The molecule has 2 nitrogen and oxygen atoms in total. The molecule has 0 amide bonds. The van der Waals surface area contributed by atoms with E-state index in [4.69, 9.17) is 10.5 Å². The summed E-state index contributed by atoms with van der Waals surface area (Å²) in [7, 11) is 0. The average molecular weight is 186 g/mol. The lowest BCUT2D eigenvalue weighted by Crippen LogP contribution is -1.91. The Morgan fingerprint density at radius 2 is 1.14 bits per heavy atom. The minimum atomic E-state index is 0.498. The van der Waals surface area contributed by atoms with Crippen LogP contribution in [0, 0.1) is 36.5 Å². The maximum absolute atomic E-state index is 8.75. The molecule has 14 heavy (non-hydrogen) atoms. The average Bonchev–Trinajstić information content (AvgIpc) is 2.24. The van der Waals surface area contributed by atoms with Gasteiger partial charge in [0.25, 0.3) is 0 Å². The van der Waals surface area contributed by atoms with Crippen LogP contribution >= 0.6 is 0 Å². The molecular formula is C12H14N2. The Hall–Kier alpha value is -1.80. The van der Waals surface area contributed by atoms with Crippen molar-refractivity contribution in [2.75, 3.05) is 0 Å². The van der Waals surface area contributed by atoms with Gasteiger partial charge in [0.1, 0.15) is 12.1 Å². The van der Waals surface area contributed by atoms with E-state index in [2.05, 4.69) is 0 Å². The smallest absolute Gasteiger partial charge is 0.101 e. The Labute approximate surface area is 85.4 Å². The van der Waals surface area contributed by atoms with E-state index in [1.165, 1.54) is 0 Å². The van der Waals surface area contributed by atoms with Crippen molar-refractivity contribution >= 4 is 0 Å². The number of rotatable bonds is 0. The summed E-state index contributed by atoms with van der Waals surface area (Å²) in [4.78, 5) is 0. The van der Waals surface area contributed by atoms with Gasteiger partial charge in [-0.1, -0.05) is 26.0 Å². The molecular weight excluding hydrogens is 172 g/mol. The van der Waals surface area contributed by atoms with Crippen molar-refractivity contribution in [1.29, 1.82) is 10.5 Å². The van der Waals surface area contributed by atoms with Crippen molar-refractivity contribution in [2.45, 2.75) is 27.7 Å².